The number of aryl methyl sites for hydroxylation is 2. The van der Waals surface area contributed by atoms with E-state index in [-0.39, 0.29) is 6.04 Å². The average molecular weight is 287 g/mol. The number of benzene rings is 1. The third-order valence-corrected chi connectivity index (χ3v) is 3.91. The lowest BCUT2D eigenvalue weighted by atomic mass is 10.1. The zero-order valence-corrected chi connectivity index (χ0v) is 13.6. The van der Waals surface area contributed by atoms with E-state index in [9.17, 15) is 0 Å². The third-order valence-electron chi connectivity index (χ3n) is 3.91. The maximum atomic E-state index is 5.18. The van der Waals surface area contributed by atoms with Crippen LogP contribution < -0.4 is 5.32 Å². The van der Waals surface area contributed by atoms with Gasteiger partial charge in [0.2, 0.25) is 0 Å². The lowest BCUT2D eigenvalue weighted by Gasteiger charge is -2.15. The molecule has 1 unspecified atom stereocenters. The van der Waals surface area contributed by atoms with Crippen LogP contribution in [0, 0.1) is 13.8 Å². The van der Waals surface area contributed by atoms with Gasteiger partial charge in [-0.3, -0.25) is 4.68 Å². The van der Waals surface area contributed by atoms with E-state index in [0.29, 0.717) is 6.61 Å². The summed E-state index contributed by atoms with van der Waals surface area (Å²) in [5.74, 6) is 0. The number of nitrogens with one attached hydrogen (secondary N) is 1. The first-order valence-electron chi connectivity index (χ1n) is 7.33. The van der Waals surface area contributed by atoms with Gasteiger partial charge < -0.3 is 10.1 Å². The fourth-order valence-electron chi connectivity index (χ4n) is 2.79. The van der Waals surface area contributed by atoms with Gasteiger partial charge in [0.25, 0.3) is 0 Å². The minimum atomic E-state index is 0.282. The number of methoxy groups -OCH3 is 1. The molecule has 1 N–H and O–H groups in total. The van der Waals surface area contributed by atoms with Gasteiger partial charge in [-0.05, 0) is 31.9 Å². The summed E-state index contributed by atoms with van der Waals surface area (Å²) in [6.07, 6.45) is 0. The van der Waals surface area contributed by atoms with Gasteiger partial charge in [0, 0.05) is 38.0 Å². The summed E-state index contributed by atoms with van der Waals surface area (Å²) in [5, 5.41) is 8.07. The van der Waals surface area contributed by atoms with Crippen LogP contribution in [-0.4, -0.2) is 16.9 Å². The van der Waals surface area contributed by atoms with E-state index in [0.717, 1.165) is 12.2 Å². The highest BCUT2D eigenvalue weighted by Gasteiger charge is 2.15. The summed E-state index contributed by atoms with van der Waals surface area (Å²) in [5.41, 5.74) is 6.10. The molecule has 2 aromatic rings. The summed E-state index contributed by atoms with van der Waals surface area (Å²) in [7, 11) is 3.72. The van der Waals surface area contributed by atoms with Crippen molar-refractivity contribution in [2.75, 3.05) is 7.11 Å². The Morgan fingerprint density at radius 3 is 2.62 bits per heavy atom. The van der Waals surface area contributed by atoms with Gasteiger partial charge in [-0.15, -0.1) is 0 Å². The van der Waals surface area contributed by atoms with Gasteiger partial charge in [0.1, 0.15) is 0 Å². The molecule has 2 rings (SSSR count). The molecule has 1 aromatic carbocycles. The summed E-state index contributed by atoms with van der Waals surface area (Å²) in [4.78, 5) is 0. The monoisotopic (exact) mass is 287 g/mol. The van der Waals surface area contributed by atoms with Crippen molar-refractivity contribution < 1.29 is 4.74 Å². The molecule has 1 atom stereocenters. The van der Waals surface area contributed by atoms with E-state index in [2.05, 4.69) is 55.5 Å². The van der Waals surface area contributed by atoms with Crippen molar-refractivity contribution in [3.05, 3.63) is 52.3 Å². The Balaban J connectivity index is 2.04. The van der Waals surface area contributed by atoms with Crippen LogP contribution >= 0.6 is 0 Å². The standard InChI is InChI=1S/C17H25N3O/c1-12(17-13(2)19-20(4)14(17)3)18-10-15-7-6-8-16(9-15)11-21-5/h6-9,12,18H,10-11H2,1-5H3. The molecule has 1 heterocycles. The van der Waals surface area contributed by atoms with Crippen molar-refractivity contribution in [2.45, 2.75) is 40.0 Å². The van der Waals surface area contributed by atoms with E-state index in [4.69, 9.17) is 4.74 Å². The van der Waals surface area contributed by atoms with Crippen LogP contribution in [0.2, 0.25) is 0 Å². The highest BCUT2D eigenvalue weighted by Crippen LogP contribution is 2.21. The molecule has 4 nitrogen and oxygen atoms in total. The highest BCUT2D eigenvalue weighted by molar-refractivity contribution is 5.28. The summed E-state index contributed by atoms with van der Waals surface area (Å²) in [6.45, 7) is 7.87. The Labute approximate surface area is 127 Å². The van der Waals surface area contributed by atoms with Crippen molar-refractivity contribution in [2.24, 2.45) is 7.05 Å². The molecule has 0 bridgehead atoms. The van der Waals surface area contributed by atoms with Gasteiger partial charge >= 0.3 is 0 Å². The third kappa shape index (κ3) is 3.71. The predicted octanol–water partition coefficient (Wildman–Crippen LogP) is 3.03. The molecule has 0 aliphatic carbocycles. The molecule has 0 saturated carbocycles. The topological polar surface area (TPSA) is 39.1 Å². The van der Waals surface area contributed by atoms with Crippen LogP contribution in [0.25, 0.3) is 0 Å². The summed E-state index contributed by atoms with van der Waals surface area (Å²) in [6, 6.07) is 8.78. The largest absolute Gasteiger partial charge is 0.380 e. The summed E-state index contributed by atoms with van der Waals surface area (Å²) >= 11 is 0. The second-order valence-electron chi connectivity index (χ2n) is 5.56. The fourth-order valence-corrected chi connectivity index (χ4v) is 2.79. The van der Waals surface area contributed by atoms with Crippen LogP contribution in [0.1, 0.15) is 41.0 Å². The minimum absolute atomic E-state index is 0.282. The Morgan fingerprint density at radius 2 is 2.00 bits per heavy atom. The molecule has 0 amide bonds. The van der Waals surface area contributed by atoms with Crippen LogP contribution in [0.4, 0.5) is 0 Å². The normalized spacial score (nSPS) is 12.6. The SMILES string of the molecule is COCc1cccc(CNC(C)c2c(C)nn(C)c2C)c1. The first kappa shape index (κ1) is 15.7. The average Bonchev–Trinajstić information content (AvgIpc) is 2.70. The predicted molar refractivity (Wildman–Crippen MR) is 85.1 cm³/mol. The number of hydrogen-bond donors (Lipinski definition) is 1. The minimum Gasteiger partial charge on any atom is -0.380 e. The fraction of sp³-hybridized carbons (Fsp3) is 0.471. The van der Waals surface area contributed by atoms with Gasteiger partial charge in [-0.2, -0.15) is 5.10 Å². The molecular weight excluding hydrogens is 262 g/mol. The molecule has 1 aromatic heterocycles. The quantitative estimate of drug-likeness (QED) is 0.887. The molecule has 21 heavy (non-hydrogen) atoms. The lowest BCUT2D eigenvalue weighted by Crippen LogP contribution is -2.19. The second-order valence-corrected chi connectivity index (χ2v) is 5.56. The molecule has 0 aliphatic heterocycles. The Morgan fingerprint density at radius 1 is 1.29 bits per heavy atom. The van der Waals surface area contributed by atoms with Crippen LogP contribution in [0.15, 0.2) is 24.3 Å². The molecule has 0 aliphatic rings. The zero-order chi connectivity index (χ0) is 15.4. The number of hydrogen-bond acceptors (Lipinski definition) is 3. The number of rotatable bonds is 6. The van der Waals surface area contributed by atoms with E-state index in [1.807, 2.05) is 11.7 Å². The summed E-state index contributed by atoms with van der Waals surface area (Å²) < 4.78 is 7.13. The van der Waals surface area contributed by atoms with Gasteiger partial charge in [0.05, 0.1) is 12.3 Å². The van der Waals surface area contributed by atoms with Crippen molar-refractivity contribution in [1.29, 1.82) is 0 Å². The lowest BCUT2D eigenvalue weighted by molar-refractivity contribution is 0.185. The van der Waals surface area contributed by atoms with Gasteiger partial charge in [0.15, 0.2) is 0 Å². The van der Waals surface area contributed by atoms with Gasteiger partial charge in [-0.25, -0.2) is 0 Å². The molecule has 0 spiro atoms. The van der Waals surface area contributed by atoms with E-state index in [1.165, 1.54) is 22.4 Å². The maximum Gasteiger partial charge on any atom is 0.0713 e. The molecule has 0 fully saturated rings. The number of nitrogens with zero attached hydrogens (tertiary/aromatic N) is 2. The van der Waals surface area contributed by atoms with Crippen molar-refractivity contribution in [3.63, 3.8) is 0 Å². The first-order valence-corrected chi connectivity index (χ1v) is 7.33. The Bertz CT molecular complexity index is 604. The van der Waals surface area contributed by atoms with Crippen molar-refractivity contribution in [1.82, 2.24) is 15.1 Å². The number of aromatic nitrogens is 2. The maximum absolute atomic E-state index is 5.18. The Kier molecular flexibility index (Phi) is 5.15. The van der Waals surface area contributed by atoms with E-state index >= 15 is 0 Å². The van der Waals surface area contributed by atoms with E-state index in [1.54, 1.807) is 7.11 Å². The van der Waals surface area contributed by atoms with Crippen molar-refractivity contribution in [3.8, 4) is 0 Å². The molecular formula is C17H25N3O. The molecule has 0 saturated heterocycles. The zero-order valence-electron chi connectivity index (χ0n) is 13.6. The Hall–Kier alpha value is -1.65. The van der Waals surface area contributed by atoms with Crippen LogP contribution in [-0.2, 0) is 24.9 Å². The molecule has 114 valence electrons. The van der Waals surface area contributed by atoms with Crippen LogP contribution in [0.5, 0.6) is 0 Å². The second kappa shape index (κ2) is 6.87. The van der Waals surface area contributed by atoms with Crippen LogP contribution in [0.3, 0.4) is 0 Å². The van der Waals surface area contributed by atoms with Crippen molar-refractivity contribution >= 4 is 0 Å². The highest BCUT2D eigenvalue weighted by atomic mass is 16.5. The molecule has 4 heteroatoms. The molecule has 0 radical (unpaired) electrons. The first-order chi connectivity index (χ1) is 10.0. The van der Waals surface area contributed by atoms with Gasteiger partial charge in [-0.1, -0.05) is 24.3 Å². The number of ether oxygens (including phenoxy) is 1. The van der Waals surface area contributed by atoms with E-state index < -0.39 is 0 Å². The smallest absolute Gasteiger partial charge is 0.0713 e.